The zero-order chi connectivity index (χ0) is 12.5. The van der Waals surface area contributed by atoms with E-state index in [0.29, 0.717) is 24.5 Å². The fourth-order valence-electron chi connectivity index (χ4n) is 2.01. The average Bonchev–Trinajstić information content (AvgIpc) is 2.83. The Bertz CT molecular complexity index is 593. The molecule has 18 heavy (non-hydrogen) atoms. The third kappa shape index (κ3) is 1.62. The Morgan fingerprint density at radius 3 is 3.17 bits per heavy atom. The number of carbonyl (C=O) groups is 1. The van der Waals surface area contributed by atoms with Gasteiger partial charge in [-0.3, -0.25) is 4.79 Å². The van der Waals surface area contributed by atoms with E-state index in [-0.39, 0.29) is 5.91 Å². The van der Waals surface area contributed by atoms with Crippen molar-refractivity contribution < 1.29 is 9.21 Å². The van der Waals surface area contributed by atoms with E-state index in [1.165, 1.54) is 6.39 Å². The number of aromatic nitrogens is 2. The minimum atomic E-state index is -0.156. The maximum absolute atomic E-state index is 12.4. The van der Waals surface area contributed by atoms with Crippen LogP contribution < -0.4 is 10.2 Å². The van der Waals surface area contributed by atoms with E-state index in [2.05, 4.69) is 15.3 Å². The van der Waals surface area contributed by atoms with Crippen molar-refractivity contribution in [2.45, 2.75) is 6.92 Å². The molecule has 3 rings (SSSR count). The summed E-state index contributed by atoms with van der Waals surface area (Å²) < 4.78 is 5.07. The molecule has 0 spiro atoms. The van der Waals surface area contributed by atoms with Crippen LogP contribution in [0.2, 0.25) is 0 Å². The maximum Gasteiger partial charge on any atom is 0.280 e. The summed E-state index contributed by atoms with van der Waals surface area (Å²) in [6.45, 7) is 2.99. The van der Waals surface area contributed by atoms with Crippen molar-refractivity contribution in [2.24, 2.45) is 0 Å². The van der Waals surface area contributed by atoms with Gasteiger partial charge in [-0.2, -0.15) is 0 Å². The highest BCUT2D eigenvalue weighted by Gasteiger charge is 2.26. The smallest absolute Gasteiger partial charge is 0.280 e. The molecule has 1 aliphatic rings. The van der Waals surface area contributed by atoms with Crippen molar-refractivity contribution in [3.05, 3.63) is 36.2 Å². The fourth-order valence-corrected chi connectivity index (χ4v) is 2.01. The molecule has 0 saturated carbocycles. The Morgan fingerprint density at radius 2 is 2.39 bits per heavy atom. The van der Waals surface area contributed by atoms with Crippen molar-refractivity contribution in [3.63, 3.8) is 0 Å². The van der Waals surface area contributed by atoms with Crippen molar-refractivity contribution in [1.29, 1.82) is 0 Å². The second-order valence-corrected chi connectivity index (χ2v) is 4.01. The highest BCUT2D eigenvalue weighted by atomic mass is 16.3. The number of pyridine rings is 1. The number of carbonyl (C=O) groups excluding carboxylic acids is 1. The summed E-state index contributed by atoms with van der Waals surface area (Å²) >= 11 is 0. The second kappa shape index (κ2) is 4.14. The average molecular weight is 244 g/mol. The summed E-state index contributed by atoms with van der Waals surface area (Å²) in [5.74, 6) is 1.10. The third-order valence-corrected chi connectivity index (χ3v) is 2.90. The highest BCUT2D eigenvalue weighted by molar-refractivity contribution is 6.07. The van der Waals surface area contributed by atoms with Crippen LogP contribution in [-0.4, -0.2) is 29.0 Å². The molecule has 0 atom stereocenters. The molecule has 6 heteroatoms. The van der Waals surface area contributed by atoms with E-state index < -0.39 is 0 Å². The lowest BCUT2D eigenvalue weighted by atomic mass is 10.2. The summed E-state index contributed by atoms with van der Waals surface area (Å²) in [7, 11) is 0. The van der Waals surface area contributed by atoms with Crippen LogP contribution in [0.25, 0.3) is 0 Å². The first-order valence-electron chi connectivity index (χ1n) is 5.68. The van der Waals surface area contributed by atoms with Crippen molar-refractivity contribution in [3.8, 4) is 0 Å². The van der Waals surface area contributed by atoms with Crippen LogP contribution in [0.3, 0.4) is 0 Å². The molecule has 0 aliphatic carbocycles. The van der Waals surface area contributed by atoms with Crippen LogP contribution in [0.15, 0.2) is 29.1 Å². The summed E-state index contributed by atoms with van der Waals surface area (Å²) in [4.78, 5) is 22.2. The molecule has 2 aromatic heterocycles. The molecule has 1 amide bonds. The normalized spacial score (nSPS) is 13.9. The van der Waals surface area contributed by atoms with Gasteiger partial charge in [0.2, 0.25) is 0 Å². The molecule has 0 fully saturated rings. The molecule has 0 bridgehead atoms. The van der Waals surface area contributed by atoms with E-state index in [4.69, 9.17) is 4.42 Å². The van der Waals surface area contributed by atoms with Crippen molar-refractivity contribution >= 4 is 17.4 Å². The van der Waals surface area contributed by atoms with Gasteiger partial charge in [0.25, 0.3) is 5.91 Å². The van der Waals surface area contributed by atoms with Gasteiger partial charge in [-0.05, 0) is 19.1 Å². The molecule has 0 unspecified atom stereocenters. The lowest BCUT2D eigenvalue weighted by Gasteiger charge is -2.28. The van der Waals surface area contributed by atoms with Gasteiger partial charge in [0, 0.05) is 19.3 Å². The van der Waals surface area contributed by atoms with Crippen LogP contribution in [0.4, 0.5) is 11.5 Å². The first-order chi connectivity index (χ1) is 8.77. The molecule has 92 valence electrons. The Balaban J connectivity index is 2.00. The minimum Gasteiger partial charge on any atom is -0.448 e. The molecule has 1 aliphatic heterocycles. The Kier molecular flexibility index (Phi) is 2.47. The topological polar surface area (TPSA) is 71.3 Å². The van der Waals surface area contributed by atoms with E-state index >= 15 is 0 Å². The van der Waals surface area contributed by atoms with Crippen LogP contribution in [0, 0.1) is 6.92 Å². The van der Waals surface area contributed by atoms with Gasteiger partial charge in [0.1, 0.15) is 11.6 Å². The van der Waals surface area contributed by atoms with Crippen LogP contribution in [-0.2, 0) is 0 Å². The van der Waals surface area contributed by atoms with Gasteiger partial charge in [-0.15, -0.1) is 0 Å². The molecular formula is C12H12N4O2. The lowest BCUT2D eigenvalue weighted by molar-refractivity contribution is 0.0981. The molecule has 1 N–H and O–H groups in total. The van der Waals surface area contributed by atoms with E-state index in [1.807, 2.05) is 12.1 Å². The number of aryl methyl sites for hydroxylation is 1. The summed E-state index contributed by atoms with van der Waals surface area (Å²) in [5.41, 5.74) is 1.13. The highest BCUT2D eigenvalue weighted by Crippen LogP contribution is 2.27. The first-order valence-corrected chi connectivity index (χ1v) is 5.68. The summed E-state index contributed by atoms with van der Waals surface area (Å²) in [6.07, 6.45) is 2.98. The molecule has 2 aromatic rings. The van der Waals surface area contributed by atoms with Gasteiger partial charge in [-0.1, -0.05) is 0 Å². The van der Waals surface area contributed by atoms with Crippen LogP contribution in [0.5, 0.6) is 0 Å². The van der Waals surface area contributed by atoms with Crippen LogP contribution in [0.1, 0.15) is 16.2 Å². The predicted molar refractivity (Wildman–Crippen MR) is 65.6 cm³/mol. The summed E-state index contributed by atoms with van der Waals surface area (Å²) in [6, 6.07) is 3.67. The number of oxazole rings is 1. The number of fused-ring (bicyclic) bond motifs is 1. The van der Waals surface area contributed by atoms with E-state index in [1.54, 1.807) is 18.0 Å². The molecule has 0 radical (unpaired) electrons. The van der Waals surface area contributed by atoms with Crippen molar-refractivity contribution in [2.75, 3.05) is 23.3 Å². The number of hydrogen-bond donors (Lipinski definition) is 1. The molecule has 6 nitrogen and oxygen atoms in total. The van der Waals surface area contributed by atoms with Gasteiger partial charge < -0.3 is 14.6 Å². The maximum atomic E-state index is 12.4. The molecule has 3 heterocycles. The number of rotatable bonds is 1. The fraction of sp³-hybridized carbons (Fsp3) is 0.250. The number of anilines is 2. The van der Waals surface area contributed by atoms with Gasteiger partial charge in [0.15, 0.2) is 12.1 Å². The first kappa shape index (κ1) is 10.8. The third-order valence-electron chi connectivity index (χ3n) is 2.90. The number of nitrogens with one attached hydrogen (secondary N) is 1. The number of hydrogen-bond acceptors (Lipinski definition) is 5. The van der Waals surface area contributed by atoms with Gasteiger partial charge >= 0.3 is 0 Å². The Hall–Kier alpha value is -2.37. The van der Waals surface area contributed by atoms with E-state index in [9.17, 15) is 4.79 Å². The lowest BCUT2D eigenvalue weighted by Crippen LogP contribution is -2.39. The van der Waals surface area contributed by atoms with Gasteiger partial charge in [0.05, 0.1) is 5.69 Å². The quantitative estimate of drug-likeness (QED) is 0.822. The second-order valence-electron chi connectivity index (χ2n) is 4.01. The summed E-state index contributed by atoms with van der Waals surface area (Å²) in [5, 5.41) is 3.16. The standard InChI is InChI=1S/C12H12N4O2/c1-8-10(15-7-18-8)12(17)16-6-5-14-11-9(16)3-2-4-13-11/h2-4,7H,5-6H2,1H3,(H,13,14). The molecular weight excluding hydrogens is 232 g/mol. The molecule has 0 aromatic carbocycles. The molecule has 0 saturated heterocycles. The Morgan fingerprint density at radius 1 is 1.50 bits per heavy atom. The Labute approximate surface area is 104 Å². The number of nitrogens with zero attached hydrogens (tertiary/aromatic N) is 3. The number of amides is 1. The SMILES string of the molecule is Cc1ocnc1C(=O)N1CCNc2ncccc21. The van der Waals surface area contributed by atoms with Crippen molar-refractivity contribution in [1.82, 2.24) is 9.97 Å². The predicted octanol–water partition coefficient (Wildman–Crippen LogP) is 1.45. The largest absolute Gasteiger partial charge is 0.448 e. The minimum absolute atomic E-state index is 0.156. The zero-order valence-corrected chi connectivity index (χ0v) is 9.88. The van der Waals surface area contributed by atoms with Gasteiger partial charge in [-0.25, -0.2) is 9.97 Å². The van der Waals surface area contributed by atoms with E-state index in [0.717, 1.165) is 11.5 Å². The van der Waals surface area contributed by atoms with Crippen LogP contribution >= 0.6 is 0 Å². The zero-order valence-electron chi connectivity index (χ0n) is 9.88. The monoisotopic (exact) mass is 244 g/mol.